The Labute approximate surface area is 151 Å². The van der Waals surface area contributed by atoms with Crippen LogP contribution in [-0.4, -0.2) is 36.5 Å². The van der Waals surface area contributed by atoms with Crippen molar-refractivity contribution >= 4 is 33.9 Å². The van der Waals surface area contributed by atoms with E-state index in [0.29, 0.717) is 16.5 Å². The number of rotatable bonds is 5. The Bertz CT molecular complexity index is 947. The van der Waals surface area contributed by atoms with E-state index in [4.69, 9.17) is 11.7 Å². The first-order chi connectivity index (χ1) is 12.1. The van der Waals surface area contributed by atoms with Crippen molar-refractivity contribution in [2.24, 2.45) is 0 Å². The lowest BCUT2D eigenvalue weighted by Crippen LogP contribution is -2.07. The van der Waals surface area contributed by atoms with Crippen molar-refractivity contribution in [3.63, 3.8) is 0 Å². The number of benzene rings is 2. The number of aromatic nitrogens is 1. The van der Waals surface area contributed by atoms with E-state index in [0.717, 1.165) is 22.2 Å². The molecule has 5 heteroatoms. The Kier molecular flexibility index (Phi) is 5.22. The van der Waals surface area contributed by atoms with Gasteiger partial charge in [0.15, 0.2) is 0 Å². The van der Waals surface area contributed by atoms with Gasteiger partial charge >= 0.3 is 0 Å². The van der Waals surface area contributed by atoms with Crippen molar-refractivity contribution in [2.45, 2.75) is 5.03 Å². The van der Waals surface area contributed by atoms with E-state index in [2.05, 4.69) is 45.1 Å². The number of thioether (sulfide) groups is 1. The van der Waals surface area contributed by atoms with Gasteiger partial charge in [0.1, 0.15) is 5.03 Å². The molecule has 1 heterocycles. The molecular weight excluding hydrogens is 330 g/mol. The predicted molar refractivity (Wildman–Crippen MR) is 106 cm³/mol. The van der Waals surface area contributed by atoms with Gasteiger partial charge in [-0.15, -0.1) is 11.8 Å². The summed E-state index contributed by atoms with van der Waals surface area (Å²) in [6.45, 7) is 7.62. The Morgan fingerprint density at radius 3 is 2.60 bits per heavy atom. The van der Waals surface area contributed by atoms with Crippen LogP contribution in [0.25, 0.3) is 26.7 Å². The maximum absolute atomic E-state index is 9.03. The van der Waals surface area contributed by atoms with Gasteiger partial charge in [0.25, 0.3) is 0 Å². The fourth-order valence-corrected chi connectivity index (χ4v) is 3.41. The van der Waals surface area contributed by atoms with Crippen LogP contribution in [0.5, 0.6) is 0 Å². The molecule has 0 aliphatic carbocycles. The van der Waals surface area contributed by atoms with Crippen LogP contribution < -0.4 is 4.90 Å². The standard InChI is InChI=1S/C20H19N3OS/c1-21-19-18(8-9-22-20(19)25-11-10-24)16-5-4-15-13-17(23(2)3)7-6-14(15)12-16/h4-9,12-13,24H,10-11H2,2-3H3. The lowest BCUT2D eigenvalue weighted by Gasteiger charge is -2.14. The summed E-state index contributed by atoms with van der Waals surface area (Å²) in [5.41, 5.74) is 3.59. The number of fused-ring (bicyclic) bond motifs is 1. The fraction of sp³-hybridized carbons (Fsp3) is 0.200. The monoisotopic (exact) mass is 349 g/mol. The Morgan fingerprint density at radius 1 is 1.12 bits per heavy atom. The lowest BCUT2D eigenvalue weighted by atomic mass is 10.0. The van der Waals surface area contributed by atoms with E-state index in [1.54, 1.807) is 6.20 Å². The van der Waals surface area contributed by atoms with Crippen LogP contribution in [-0.2, 0) is 0 Å². The molecule has 1 aromatic heterocycles. The average molecular weight is 349 g/mol. The van der Waals surface area contributed by atoms with Gasteiger partial charge in [-0.05, 0) is 46.2 Å². The number of anilines is 1. The number of aliphatic hydroxyl groups is 1. The zero-order valence-corrected chi connectivity index (χ0v) is 15.0. The molecule has 126 valence electrons. The first kappa shape index (κ1) is 17.3. The summed E-state index contributed by atoms with van der Waals surface area (Å²) in [6.07, 6.45) is 1.73. The SMILES string of the molecule is [C-]#[N+]c1c(-c2ccc3cc(N(C)C)ccc3c2)ccnc1SCCO. The predicted octanol–water partition coefficient (Wildman–Crippen LogP) is 4.60. The average Bonchev–Trinajstić information content (AvgIpc) is 2.64. The lowest BCUT2D eigenvalue weighted by molar-refractivity contribution is 0.322. The van der Waals surface area contributed by atoms with Crippen molar-refractivity contribution in [3.05, 3.63) is 60.1 Å². The molecule has 0 unspecified atom stereocenters. The maximum Gasteiger partial charge on any atom is 0.226 e. The number of hydrogen-bond donors (Lipinski definition) is 1. The van der Waals surface area contributed by atoms with Gasteiger partial charge < -0.3 is 10.0 Å². The van der Waals surface area contributed by atoms with E-state index >= 15 is 0 Å². The van der Waals surface area contributed by atoms with Crippen molar-refractivity contribution in [3.8, 4) is 11.1 Å². The van der Waals surface area contributed by atoms with Gasteiger partial charge in [0, 0.05) is 31.7 Å². The van der Waals surface area contributed by atoms with Crippen molar-refractivity contribution in [2.75, 3.05) is 31.4 Å². The third-order valence-electron chi connectivity index (χ3n) is 3.98. The zero-order chi connectivity index (χ0) is 17.8. The van der Waals surface area contributed by atoms with Gasteiger partial charge in [0.05, 0.1) is 13.2 Å². The highest BCUT2D eigenvalue weighted by Gasteiger charge is 2.12. The number of nitrogens with zero attached hydrogens (tertiary/aromatic N) is 3. The normalized spacial score (nSPS) is 10.6. The molecule has 4 nitrogen and oxygen atoms in total. The molecule has 0 aliphatic rings. The second-order valence-electron chi connectivity index (χ2n) is 5.84. The first-order valence-corrected chi connectivity index (χ1v) is 8.94. The highest BCUT2D eigenvalue weighted by molar-refractivity contribution is 7.99. The molecule has 1 N–H and O–H groups in total. The van der Waals surface area contributed by atoms with Crippen LogP contribution in [0.2, 0.25) is 0 Å². The molecule has 3 rings (SSSR count). The third-order valence-corrected chi connectivity index (χ3v) is 4.94. The Hall–Kier alpha value is -2.55. The summed E-state index contributed by atoms with van der Waals surface area (Å²) in [7, 11) is 4.06. The molecule has 0 radical (unpaired) electrons. The van der Waals surface area contributed by atoms with Crippen LogP contribution in [0.1, 0.15) is 0 Å². The highest BCUT2D eigenvalue weighted by atomic mass is 32.2. The molecule has 0 spiro atoms. The van der Waals surface area contributed by atoms with Gasteiger partial charge in [-0.3, -0.25) is 4.98 Å². The van der Waals surface area contributed by atoms with E-state index < -0.39 is 0 Å². The van der Waals surface area contributed by atoms with E-state index in [9.17, 15) is 0 Å². The minimum absolute atomic E-state index is 0.0677. The first-order valence-electron chi connectivity index (χ1n) is 7.95. The molecule has 25 heavy (non-hydrogen) atoms. The van der Waals surface area contributed by atoms with E-state index in [-0.39, 0.29) is 6.61 Å². The van der Waals surface area contributed by atoms with Crippen LogP contribution >= 0.6 is 11.8 Å². The molecular formula is C20H19N3OS. The van der Waals surface area contributed by atoms with Gasteiger partial charge in [-0.1, -0.05) is 18.2 Å². The van der Waals surface area contributed by atoms with Crippen molar-refractivity contribution in [1.29, 1.82) is 0 Å². The van der Waals surface area contributed by atoms with E-state index in [1.165, 1.54) is 17.1 Å². The molecule has 0 amide bonds. The summed E-state index contributed by atoms with van der Waals surface area (Å²) < 4.78 is 0. The fourth-order valence-electron chi connectivity index (χ4n) is 2.70. The third kappa shape index (κ3) is 3.60. The second kappa shape index (κ2) is 7.56. The Balaban J connectivity index is 2.07. The summed E-state index contributed by atoms with van der Waals surface area (Å²) in [4.78, 5) is 10.1. The van der Waals surface area contributed by atoms with Crippen LogP contribution in [0, 0.1) is 6.57 Å². The van der Waals surface area contributed by atoms with Crippen LogP contribution in [0.3, 0.4) is 0 Å². The van der Waals surface area contributed by atoms with Gasteiger partial charge in [0.2, 0.25) is 5.69 Å². The second-order valence-corrected chi connectivity index (χ2v) is 6.92. The Morgan fingerprint density at radius 2 is 1.88 bits per heavy atom. The number of pyridine rings is 1. The minimum atomic E-state index is 0.0677. The van der Waals surface area contributed by atoms with Gasteiger partial charge in [-0.2, -0.15) is 0 Å². The largest absolute Gasteiger partial charge is 0.396 e. The maximum atomic E-state index is 9.03. The summed E-state index contributed by atoms with van der Waals surface area (Å²) in [5.74, 6) is 0.532. The van der Waals surface area contributed by atoms with E-state index in [1.807, 2.05) is 26.2 Å². The minimum Gasteiger partial charge on any atom is -0.396 e. The molecule has 0 atom stereocenters. The number of aliphatic hydroxyl groups excluding tert-OH is 1. The molecule has 2 aromatic carbocycles. The molecule has 0 saturated heterocycles. The summed E-state index contributed by atoms with van der Waals surface area (Å²) in [6, 6.07) is 14.5. The van der Waals surface area contributed by atoms with Crippen molar-refractivity contribution in [1.82, 2.24) is 4.98 Å². The zero-order valence-electron chi connectivity index (χ0n) is 14.2. The smallest absolute Gasteiger partial charge is 0.226 e. The number of hydrogen-bond acceptors (Lipinski definition) is 4. The molecule has 0 fully saturated rings. The van der Waals surface area contributed by atoms with Crippen LogP contribution in [0.4, 0.5) is 11.4 Å². The molecule has 0 saturated carbocycles. The topological polar surface area (TPSA) is 40.7 Å². The quantitative estimate of drug-likeness (QED) is 0.540. The van der Waals surface area contributed by atoms with Crippen molar-refractivity contribution < 1.29 is 5.11 Å². The van der Waals surface area contributed by atoms with Crippen LogP contribution in [0.15, 0.2) is 53.7 Å². The molecule has 3 aromatic rings. The molecule has 0 aliphatic heterocycles. The highest BCUT2D eigenvalue weighted by Crippen LogP contribution is 2.38. The summed E-state index contributed by atoms with van der Waals surface area (Å²) in [5, 5.41) is 12.0. The van der Waals surface area contributed by atoms with Gasteiger partial charge in [-0.25, -0.2) is 4.85 Å². The summed E-state index contributed by atoms with van der Waals surface area (Å²) >= 11 is 1.41. The molecule has 0 bridgehead atoms.